The number of hydrogen-bond donors (Lipinski definition) is 3. The van der Waals surface area contributed by atoms with Gasteiger partial charge in [0.05, 0.1) is 5.00 Å². The molecule has 6 heteroatoms. The first kappa shape index (κ1) is 12.1. The number of urea groups is 1. The summed E-state index contributed by atoms with van der Waals surface area (Å²) in [6.07, 6.45) is 1.58. The Labute approximate surface area is 104 Å². The van der Waals surface area contributed by atoms with Gasteiger partial charge in [0, 0.05) is 5.92 Å². The maximum atomic E-state index is 11.7. The fraction of sp³-hybridized carbons (Fsp3) is 0.455. The van der Waals surface area contributed by atoms with Crippen LogP contribution >= 0.6 is 11.3 Å². The van der Waals surface area contributed by atoms with Crippen molar-refractivity contribution in [1.29, 1.82) is 0 Å². The van der Waals surface area contributed by atoms with Crippen molar-refractivity contribution in [1.82, 2.24) is 10.6 Å². The molecule has 0 atom stereocenters. The van der Waals surface area contributed by atoms with E-state index in [1.54, 1.807) is 6.07 Å². The van der Waals surface area contributed by atoms with Gasteiger partial charge in [0.25, 0.3) is 0 Å². The molecule has 1 fully saturated rings. The molecule has 3 amide bonds. The Balaban J connectivity index is 1.79. The van der Waals surface area contributed by atoms with Gasteiger partial charge in [-0.05, 0) is 43.4 Å². The molecule has 0 unspecified atom stereocenters. The Bertz CT molecular complexity index is 385. The lowest BCUT2D eigenvalue weighted by Crippen LogP contribution is -2.42. The van der Waals surface area contributed by atoms with Crippen molar-refractivity contribution in [2.45, 2.75) is 12.8 Å². The Morgan fingerprint density at radius 3 is 2.76 bits per heavy atom. The SMILES string of the molecule is O=C(NC(=O)C1CCNCC1)Nc1cccs1. The number of hydrogen-bond acceptors (Lipinski definition) is 4. The minimum Gasteiger partial charge on any atom is -0.317 e. The van der Waals surface area contributed by atoms with Gasteiger partial charge in [0.15, 0.2) is 0 Å². The van der Waals surface area contributed by atoms with Crippen LogP contribution in [0.15, 0.2) is 17.5 Å². The van der Waals surface area contributed by atoms with E-state index >= 15 is 0 Å². The minimum absolute atomic E-state index is 0.0506. The highest BCUT2D eigenvalue weighted by atomic mass is 32.1. The minimum atomic E-state index is -0.448. The average Bonchev–Trinajstić information content (AvgIpc) is 2.82. The van der Waals surface area contributed by atoms with Gasteiger partial charge in [-0.3, -0.25) is 15.4 Å². The molecule has 0 spiro atoms. The number of rotatable bonds is 2. The summed E-state index contributed by atoms with van der Waals surface area (Å²) in [7, 11) is 0. The number of carbonyl (C=O) groups is 2. The van der Waals surface area contributed by atoms with Gasteiger partial charge in [-0.25, -0.2) is 4.79 Å². The standard InChI is InChI=1S/C11H15N3O2S/c15-10(8-3-5-12-6-4-8)14-11(16)13-9-2-1-7-17-9/h1-2,7-8,12H,3-6H2,(H2,13,14,15,16). The zero-order valence-electron chi connectivity index (χ0n) is 9.36. The number of thiophene rings is 1. The van der Waals surface area contributed by atoms with Crippen LogP contribution in [0.5, 0.6) is 0 Å². The molecule has 1 aromatic heterocycles. The highest BCUT2D eigenvalue weighted by molar-refractivity contribution is 7.14. The van der Waals surface area contributed by atoms with Crippen LogP contribution < -0.4 is 16.0 Å². The number of amides is 3. The van der Waals surface area contributed by atoms with Gasteiger partial charge in [-0.15, -0.1) is 11.3 Å². The van der Waals surface area contributed by atoms with Crippen molar-refractivity contribution in [3.8, 4) is 0 Å². The van der Waals surface area contributed by atoms with Gasteiger partial charge >= 0.3 is 6.03 Å². The predicted octanol–water partition coefficient (Wildman–Crippen LogP) is 1.40. The van der Waals surface area contributed by atoms with E-state index in [2.05, 4.69) is 16.0 Å². The second kappa shape index (κ2) is 5.79. The van der Waals surface area contributed by atoms with Crippen LogP contribution in [0.25, 0.3) is 0 Å². The van der Waals surface area contributed by atoms with Crippen molar-refractivity contribution >= 4 is 28.3 Å². The van der Waals surface area contributed by atoms with E-state index < -0.39 is 6.03 Å². The summed E-state index contributed by atoms with van der Waals surface area (Å²) in [5.41, 5.74) is 0. The van der Waals surface area contributed by atoms with E-state index in [-0.39, 0.29) is 11.8 Å². The molecule has 1 saturated heterocycles. The first-order valence-electron chi connectivity index (χ1n) is 5.62. The Morgan fingerprint density at radius 1 is 1.35 bits per heavy atom. The van der Waals surface area contributed by atoms with Crippen LogP contribution in [0.3, 0.4) is 0 Å². The smallest absolute Gasteiger partial charge is 0.317 e. The monoisotopic (exact) mass is 253 g/mol. The van der Waals surface area contributed by atoms with Crippen molar-refractivity contribution in [2.24, 2.45) is 5.92 Å². The molecule has 0 bridgehead atoms. The number of anilines is 1. The van der Waals surface area contributed by atoms with Gasteiger partial charge in [0.2, 0.25) is 5.91 Å². The molecule has 0 radical (unpaired) electrons. The molecule has 0 saturated carbocycles. The highest BCUT2D eigenvalue weighted by Crippen LogP contribution is 2.15. The second-order valence-electron chi connectivity index (χ2n) is 3.94. The number of imide groups is 1. The second-order valence-corrected chi connectivity index (χ2v) is 4.89. The summed E-state index contributed by atoms with van der Waals surface area (Å²) in [6, 6.07) is 3.18. The molecule has 17 heavy (non-hydrogen) atoms. The Hall–Kier alpha value is -1.40. The summed E-state index contributed by atoms with van der Waals surface area (Å²) < 4.78 is 0. The topological polar surface area (TPSA) is 70.2 Å². The van der Waals surface area contributed by atoms with E-state index in [9.17, 15) is 9.59 Å². The van der Waals surface area contributed by atoms with Crippen LogP contribution in [-0.4, -0.2) is 25.0 Å². The molecule has 1 aliphatic heterocycles. The highest BCUT2D eigenvalue weighted by Gasteiger charge is 2.22. The first-order valence-corrected chi connectivity index (χ1v) is 6.50. The molecule has 5 nitrogen and oxygen atoms in total. The zero-order chi connectivity index (χ0) is 12.1. The predicted molar refractivity (Wildman–Crippen MR) is 67.1 cm³/mol. The lowest BCUT2D eigenvalue weighted by molar-refractivity contribution is -0.124. The molecule has 2 rings (SSSR count). The number of piperidine rings is 1. The number of nitrogens with one attached hydrogen (secondary N) is 3. The quantitative estimate of drug-likeness (QED) is 0.746. The molecular formula is C11H15N3O2S. The molecular weight excluding hydrogens is 238 g/mol. The van der Waals surface area contributed by atoms with E-state index in [0.717, 1.165) is 30.9 Å². The summed E-state index contributed by atoms with van der Waals surface area (Å²) in [5.74, 6) is -0.231. The van der Waals surface area contributed by atoms with E-state index in [1.807, 2.05) is 11.4 Å². The zero-order valence-corrected chi connectivity index (χ0v) is 10.2. The fourth-order valence-electron chi connectivity index (χ4n) is 1.79. The summed E-state index contributed by atoms with van der Waals surface area (Å²) >= 11 is 1.42. The maximum absolute atomic E-state index is 11.7. The molecule has 92 valence electrons. The maximum Gasteiger partial charge on any atom is 0.326 e. The third-order valence-electron chi connectivity index (χ3n) is 2.70. The average molecular weight is 253 g/mol. The summed E-state index contributed by atoms with van der Waals surface area (Å²) in [6.45, 7) is 1.68. The van der Waals surface area contributed by atoms with E-state index in [1.165, 1.54) is 11.3 Å². The van der Waals surface area contributed by atoms with Gasteiger partial charge in [0.1, 0.15) is 0 Å². The summed E-state index contributed by atoms with van der Waals surface area (Å²) in [4.78, 5) is 23.3. The fourth-order valence-corrected chi connectivity index (χ4v) is 2.40. The third-order valence-corrected chi connectivity index (χ3v) is 3.49. The van der Waals surface area contributed by atoms with Gasteiger partial charge in [-0.2, -0.15) is 0 Å². The van der Waals surface area contributed by atoms with Crippen LogP contribution in [0, 0.1) is 5.92 Å². The molecule has 0 aliphatic carbocycles. The van der Waals surface area contributed by atoms with Gasteiger partial charge < -0.3 is 5.32 Å². The Morgan fingerprint density at radius 2 is 2.12 bits per heavy atom. The van der Waals surface area contributed by atoms with Crippen LogP contribution in [0.1, 0.15) is 12.8 Å². The van der Waals surface area contributed by atoms with Crippen molar-refractivity contribution in [3.05, 3.63) is 17.5 Å². The largest absolute Gasteiger partial charge is 0.326 e. The van der Waals surface area contributed by atoms with Crippen LogP contribution in [0.4, 0.5) is 9.80 Å². The first-order chi connectivity index (χ1) is 8.25. The molecule has 1 aliphatic rings. The third kappa shape index (κ3) is 3.54. The summed E-state index contributed by atoms with van der Waals surface area (Å²) in [5, 5.41) is 10.8. The molecule has 1 aromatic rings. The van der Waals surface area contributed by atoms with Crippen molar-refractivity contribution in [2.75, 3.05) is 18.4 Å². The normalized spacial score (nSPS) is 16.5. The van der Waals surface area contributed by atoms with Crippen LogP contribution in [0.2, 0.25) is 0 Å². The van der Waals surface area contributed by atoms with Gasteiger partial charge in [-0.1, -0.05) is 0 Å². The molecule has 3 N–H and O–H groups in total. The molecule has 0 aromatic carbocycles. The van der Waals surface area contributed by atoms with E-state index in [0.29, 0.717) is 0 Å². The Kier molecular flexibility index (Phi) is 4.11. The lowest BCUT2D eigenvalue weighted by atomic mass is 9.97. The number of carbonyl (C=O) groups excluding carboxylic acids is 2. The van der Waals surface area contributed by atoms with Crippen molar-refractivity contribution < 1.29 is 9.59 Å². The van der Waals surface area contributed by atoms with Crippen molar-refractivity contribution in [3.63, 3.8) is 0 Å². The van der Waals surface area contributed by atoms with E-state index in [4.69, 9.17) is 0 Å². The lowest BCUT2D eigenvalue weighted by Gasteiger charge is -2.21. The van der Waals surface area contributed by atoms with Crippen LogP contribution in [-0.2, 0) is 4.79 Å². The molecule has 2 heterocycles.